The highest BCUT2D eigenvalue weighted by molar-refractivity contribution is 7.80. The largest absolute Gasteiger partial charge is 0.497 e. The van der Waals surface area contributed by atoms with E-state index in [2.05, 4.69) is 25.7 Å². The van der Waals surface area contributed by atoms with Gasteiger partial charge < -0.3 is 9.64 Å². The molecule has 0 saturated carbocycles. The Balaban J connectivity index is 2.86. The minimum Gasteiger partial charge on any atom is -0.497 e. The SMILES string of the molecule is CCN(C(=S)c1ccc(OC)cc1)C(C)C. The lowest BCUT2D eigenvalue weighted by atomic mass is 10.2. The maximum atomic E-state index is 5.48. The molecule has 0 N–H and O–H groups in total. The molecule has 0 amide bonds. The first-order valence-corrected chi connectivity index (χ1v) is 5.96. The number of hydrogen-bond acceptors (Lipinski definition) is 2. The molecule has 0 saturated heterocycles. The summed E-state index contributed by atoms with van der Waals surface area (Å²) in [5, 5.41) is 0. The first-order valence-electron chi connectivity index (χ1n) is 5.55. The van der Waals surface area contributed by atoms with Gasteiger partial charge in [-0.25, -0.2) is 0 Å². The van der Waals surface area contributed by atoms with Crippen LogP contribution in [0.2, 0.25) is 0 Å². The first-order chi connectivity index (χ1) is 7.60. The molecule has 1 aromatic carbocycles. The van der Waals surface area contributed by atoms with Crippen molar-refractivity contribution in [3.8, 4) is 5.75 Å². The molecule has 0 spiro atoms. The fraction of sp³-hybridized carbons (Fsp3) is 0.462. The van der Waals surface area contributed by atoms with Crippen molar-refractivity contribution in [3.63, 3.8) is 0 Å². The standard InChI is InChI=1S/C13H19NOS/c1-5-14(10(2)3)13(16)11-6-8-12(15-4)9-7-11/h6-10H,5H2,1-4H3. The molecule has 0 aromatic heterocycles. The third-order valence-corrected chi connectivity index (χ3v) is 3.03. The van der Waals surface area contributed by atoms with Crippen LogP contribution in [0.5, 0.6) is 5.75 Å². The number of rotatable bonds is 4. The van der Waals surface area contributed by atoms with Gasteiger partial charge in [0.1, 0.15) is 10.7 Å². The Morgan fingerprint density at radius 3 is 2.25 bits per heavy atom. The highest BCUT2D eigenvalue weighted by Gasteiger charge is 2.12. The lowest BCUT2D eigenvalue weighted by molar-refractivity contribution is 0.374. The lowest BCUT2D eigenvalue weighted by Crippen LogP contribution is -2.35. The summed E-state index contributed by atoms with van der Waals surface area (Å²) < 4.78 is 5.13. The maximum absolute atomic E-state index is 5.48. The van der Waals surface area contributed by atoms with Crippen molar-refractivity contribution < 1.29 is 4.74 Å². The van der Waals surface area contributed by atoms with Crippen LogP contribution in [0.25, 0.3) is 0 Å². The van der Waals surface area contributed by atoms with Crippen LogP contribution in [-0.4, -0.2) is 29.6 Å². The van der Waals surface area contributed by atoms with Gasteiger partial charge in [-0.1, -0.05) is 12.2 Å². The zero-order valence-corrected chi connectivity index (χ0v) is 11.2. The third kappa shape index (κ3) is 2.95. The van der Waals surface area contributed by atoms with E-state index in [1.165, 1.54) is 0 Å². The van der Waals surface area contributed by atoms with Crippen molar-refractivity contribution in [2.75, 3.05) is 13.7 Å². The van der Waals surface area contributed by atoms with Crippen LogP contribution in [0.15, 0.2) is 24.3 Å². The molecule has 0 radical (unpaired) electrons. The normalized spacial score (nSPS) is 10.3. The molecular weight excluding hydrogens is 218 g/mol. The van der Waals surface area contributed by atoms with Crippen molar-refractivity contribution in [1.29, 1.82) is 0 Å². The lowest BCUT2D eigenvalue weighted by Gasteiger charge is -2.28. The second-order valence-corrected chi connectivity index (χ2v) is 4.30. The Kier molecular flexibility index (Phi) is 4.74. The van der Waals surface area contributed by atoms with Gasteiger partial charge in [0.25, 0.3) is 0 Å². The van der Waals surface area contributed by atoms with E-state index in [-0.39, 0.29) is 0 Å². The summed E-state index contributed by atoms with van der Waals surface area (Å²) in [6, 6.07) is 8.32. The van der Waals surface area contributed by atoms with E-state index in [1.54, 1.807) is 7.11 Å². The van der Waals surface area contributed by atoms with Gasteiger partial charge in [-0.2, -0.15) is 0 Å². The van der Waals surface area contributed by atoms with Crippen LogP contribution in [0.3, 0.4) is 0 Å². The minimum atomic E-state index is 0.430. The molecule has 1 aromatic rings. The second-order valence-electron chi connectivity index (χ2n) is 3.91. The monoisotopic (exact) mass is 237 g/mol. The van der Waals surface area contributed by atoms with Gasteiger partial charge in [0, 0.05) is 18.2 Å². The van der Waals surface area contributed by atoms with E-state index >= 15 is 0 Å². The van der Waals surface area contributed by atoms with Crippen LogP contribution < -0.4 is 4.74 Å². The molecule has 2 nitrogen and oxygen atoms in total. The summed E-state index contributed by atoms with van der Waals surface area (Å²) in [4.78, 5) is 3.11. The topological polar surface area (TPSA) is 12.5 Å². The zero-order chi connectivity index (χ0) is 12.1. The molecule has 0 aliphatic carbocycles. The Hall–Kier alpha value is -1.09. The average molecular weight is 237 g/mol. The summed E-state index contributed by atoms with van der Waals surface area (Å²) in [7, 11) is 1.67. The summed E-state index contributed by atoms with van der Waals surface area (Å²) in [6.45, 7) is 7.36. The summed E-state index contributed by atoms with van der Waals surface area (Å²) in [5.41, 5.74) is 1.08. The number of hydrogen-bond donors (Lipinski definition) is 0. The molecule has 1 rings (SSSR count). The fourth-order valence-corrected chi connectivity index (χ4v) is 2.12. The van der Waals surface area contributed by atoms with Gasteiger partial charge in [0.2, 0.25) is 0 Å². The Morgan fingerprint density at radius 2 is 1.88 bits per heavy atom. The van der Waals surface area contributed by atoms with Gasteiger partial charge in [-0.15, -0.1) is 0 Å². The predicted octanol–water partition coefficient (Wildman–Crippen LogP) is 3.10. The van der Waals surface area contributed by atoms with E-state index < -0.39 is 0 Å². The third-order valence-electron chi connectivity index (χ3n) is 2.56. The van der Waals surface area contributed by atoms with E-state index in [9.17, 15) is 0 Å². The molecule has 0 heterocycles. The van der Waals surface area contributed by atoms with E-state index in [0.29, 0.717) is 6.04 Å². The smallest absolute Gasteiger partial charge is 0.118 e. The number of methoxy groups -OCH3 is 1. The zero-order valence-electron chi connectivity index (χ0n) is 10.4. The van der Waals surface area contributed by atoms with Gasteiger partial charge in [-0.05, 0) is 45.0 Å². The summed E-state index contributed by atoms with van der Waals surface area (Å²) in [5.74, 6) is 0.860. The number of ether oxygens (including phenoxy) is 1. The number of nitrogens with zero attached hydrogens (tertiary/aromatic N) is 1. The van der Waals surface area contributed by atoms with Crippen molar-refractivity contribution in [1.82, 2.24) is 4.90 Å². The molecule has 16 heavy (non-hydrogen) atoms. The molecule has 0 fully saturated rings. The van der Waals surface area contributed by atoms with Crippen molar-refractivity contribution in [3.05, 3.63) is 29.8 Å². The summed E-state index contributed by atoms with van der Waals surface area (Å²) in [6.07, 6.45) is 0. The molecule has 3 heteroatoms. The molecule has 0 unspecified atom stereocenters. The van der Waals surface area contributed by atoms with Crippen LogP contribution in [0.1, 0.15) is 26.3 Å². The van der Waals surface area contributed by atoms with Crippen LogP contribution >= 0.6 is 12.2 Å². The van der Waals surface area contributed by atoms with Gasteiger partial charge in [0.15, 0.2) is 0 Å². The number of benzene rings is 1. The predicted molar refractivity (Wildman–Crippen MR) is 72.2 cm³/mol. The Bertz CT molecular complexity index is 345. The molecule has 0 atom stereocenters. The molecular formula is C13H19NOS. The van der Waals surface area contributed by atoms with Gasteiger partial charge in [0.05, 0.1) is 7.11 Å². The maximum Gasteiger partial charge on any atom is 0.118 e. The van der Waals surface area contributed by atoms with E-state index in [0.717, 1.165) is 22.8 Å². The molecule has 88 valence electrons. The van der Waals surface area contributed by atoms with Crippen LogP contribution in [0.4, 0.5) is 0 Å². The van der Waals surface area contributed by atoms with Gasteiger partial charge >= 0.3 is 0 Å². The van der Waals surface area contributed by atoms with Crippen LogP contribution in [-0.2, 0) is 0 Å². The summed E-state index contributed by atoms with van der Waals surface area (Å²) >= 11 is 5.48. The Labute approximate surface area is 103 Å². The Morgan fingerprint density at radius 1 is 1.31 bits per heavy atom. The first kappa shape index (κ1) is 13.0. The average Bonchev–Trinajstić information content (AvgIpc) is 2.29. The molecule has 0 aliphatic rings. The van der Waals surface area contributed by atoms with Gasteiger partial charge in [-0.3, -0.25) is 0 Å². The highest BCUT2D eigenvalue weighted by atomic mass is 32.1. The second kappa shape index (κ2) is 5.85. The molecule has 0 bridgehead atoms. The van der Waals surface area contributed by atoms with Crippen molar-refractivity contribution in [2.24, 2.45) is 0 Å². The van der Waals surface area contributed by atoms with Crippen LogP contribution in [0, 0.1) is 0 Å². The highest BCUT2D eigenvalue weighted by Crippen LogP contribution is 2.15. The van der Waals surface area contributed by atoms with Crippen molar-refractivity contribution in [2.45, 2.75) is 26.8 Å². The molecule has 0 aliphatic heterocycles. The quantitative estimate of drug-likeness (QED) is 0.747. The van der Waals surface area contributed by atoms with E-state index in [4.69, 9.17) is 17.0 Å². The number of thiocarbonyl (C=S) groups is 1. The van der Waals surface area contributed by atoms with E-state index in [1.807, 2.05) is 24.3 Å². The fourth-order valence-electron chi connectivity index (χ4n) is 1.64. The minimum absolute atomic E-state index is 0.430. The van der Waals surface area contributed by atoms with Crippen molar-refractivity contribution >= 4 is 17.2 Å².